The van der Waals surface area contributed by atoms with Crippen LogP contribution in [0.4, 0.5) is 13.2 Å². The fraction of sp³-hybridized carbons (Fsp3) is 0.423. The van der Waals surface area contributed by atoms with E-state index in [0.717, 1.165) is 46.6 Å². The summed E-state index contributed by atoms with van der Waals surface area (Å²) in [5, 5.41) is 0. The molecule has 2 aromatic rings. The van der Waals surface area contributed by atoms with Gasteiger partial charge in [0.1, 0.15) is 5.82 Å². The minimum atomic E-state index is -4.67. The van der Waals surface area contributed by atoms with Gasteiger partial charge >= 0.3 is 6.18 Å². The molecule has 0 spiro atoms. The molecule has 0 amide bonds. The number of hydrogen-bond donors (Lipinski definition) is 0. The van der Waals surface area contributed by atoms with Crippen LogP contribution in [0.5, 0.6) is 5.88 Å². The number of hydrogen-bond acceptors (Lipinski definition) is 5. The molecule has 188 valence electrons. The van der Waals surface area contributed by atoms with Gasteiger partial charge in [0.25, 0.3) is 5.56 Å². The van der Waals surface area contributed by atoms with Crippen LogP contribution in [0.25, 0.3) is 11.1 Å². The molecule has 0 radical (unpaired) electrons. The lowest BCUT2D eigenvalue weighted by Crippen LogP contribution is -2.20. The van der Waals surface area contributed by atoms with Gasteiger partial charge in [-0.3, -0.25) is 4.79 Å². The summed E-state index contributed by atoms with van der Waals surface area (Å²) in [6, 6.07) is 0.945. The molecule has 1 aliphatic carbocycles. The van der Waals surface area contributed by atoms with E-state index in [-0.39, 0.29) is 35.4 Å². The Bertz CT molecular complexity index is 1230. The summed E-state index contributed by atoms with van der Waals surface area (Å²) >= 11 is 0. The third-order valence-electron chi connectivity index (χ3n) is 6.11. The number of halogens is 3. The first kappa shape index (κ1) is 26.2. The zero-order valence-electron chi connectivity index (χ0n) is 20.6. The van der Waals surface area contributed by atoms with Gasteiger partial charge in [-0.25, -0.2) is 4.98 Å². The van der Waals surface area contributed by atoms with Gasteiger partial charge in [0.2, 0.25) is 5.88 Å². The summed E-state index contributed by atoms with van der Waals surface area (Å²) in [5.74, 6) is 1.54. The van der Waals surface area contributed by atoms with Crippen molar-refractivity contribution in [2.24, 2.45) is 18.9 Å². The summed E-state index contributed by atoms with van der Waals surface area (Å²) in [4.78, 5) is 20.5. The van der Waals surface area contributed by atoms with Gasteiger partial charge in [0.15, 0.2) is 0 Å². The smallest absolute Gasteiger partial charge is 0.418 e. The summed E-state index contributed by atoms with van der Waals surface area (Å²) < 4.78 is 53.3. The third-order valence-corrected chi connectivity index (χ3v) is 6.11. The predicted octanol–water partition coefficient (Wildman–Crippen LogP) is 5.63. The van der Waals surface area contributed by atoms with Gasteiger partial charge in [-0.2, -0.15) is 18.2 Å². The lowest BCUT2D eigenvalue weighted by molar-refractivity contribution is -0.137. The van der Waals surface area contributed by atoms with Crippen LogP contribution in [0, 0.1) is 18.8 Å². The Balaban J connectivity index is 1.89. The van der Waals surface area contributed by atoms with E-state index in [2.05, 4.69) is 16.5 Å². The van der Waals surface area contributed by atoms with E-state index in [1.165, 1.54) is 13.2 Å². The van der Waals surface area contributed by atoms with Crippen molar-refractivity contribution < 1.29 is 22.6 Å². The van der Waals surface area contributed by atoms with Gasteiger partial charge in [0.05, 0.1) is 30.6 Å². The molecular weight excluding hydrogens is 459 g/mol. The van der Waals surface area contributed by atoms with Gasteiger partial charge in [-0.1, -0.05) is 25.2 Å². The van der Waals surface area contributed by atoms with Gasteiger partial charge < -0.3 is 14.0 Å². The molecule has 0 bridgehead atoms. The Morgan fingerprint density at radius 2 is 2.03 bits per heavy atom. The average Bonchev–Trinajstić information content (AvgIpc) is 3.57. The number of methoxy groups -OCH3 is 1. The number of alkyl halides is 3. The van der Waals surface area contributed by atoms with Crippen LogP contribution >= 0.6 is 0 Å². The molecule has 6 nitrogen and oxygen atoms in total. The molecule has 2 unspecified atom stereocenters. The van der Waals surface area contributed by atoms with Gasteiger partial charge in [-0.15, -0.1) is 0 Å². The highest BCUT2D eigenvalue weighted by molar-refractivity contribution is 5.71. The number of pyridine rings is 1. The molecule has 35 heavy (non-hydrogen) atoms. The largest absolute Gasteiger partial charge is 0.501 e. The van der Waals surface area contributed by atoms with Crippen LogP contribution in [0.2, 0.25) is 0 Å². The number of rotatable bonds is 9. The molecule has 3 rings (SSSR count). The molecule has 1 fully saturated rings. The van der Waals surface area contributed by atoms with E-state index in [1.807, 2.05) is 26.0 Å². The van der Waals surface area contributed by atoms with E-state index in [9.17, 15) is 18.0 Å². The number of allylic oxidation sites excluding steroid dienone is 5. The molecular formula is C26H30F3N3O3. The lowest BCUT2D eigenvalue weighted by atomic mass is 9.99. The Labute approximate surface area is 202 Å². The van der Waals surface area contributed by atoms with Crippen molar-refractivity contribution in [1.29, 1.82) is 0 Å². The molecule has 1 aliphatic rings. The highest BCUT2D eigenvalue weighted by Crippen LogP contribution is 2.47. The van der Waals surface area contributed by atoms with Crippen molar-refractivity contribution in [3.8, 4) is 17.0 Å². The standard InChI is InChI=1S/C26H30F3N3O3/c1-7-15(2)19(9-8-16(3)34-6)20-10-18(20)14-35-25-22(12-30-17(4)31-25)21-11-24(33)32(5)13-23(21)26(27,28)29/h8-9,11-13,18,20H,2,7,10,14H2,1,3-6H3. The van der Waals surface area contributed by atoms with E-state index in [1.54, 1.807) is 14.0 Å². The molecule has 2 heterocycles. The maximum absolute atomic E-state index is 13.8. The van der Waals surface area contributed by atoms with Crippen molar-refractivity contribution in [2.75, 3.05) is 13.7 Å². The maximum Gasteiger partial charge on any atom is 0.418 e. The van der Waals surface area contributed by atoms with Gasteiger partial charge in [-0.05, 0) is 44.3 Å². The number of aryl methyl sites for hydroxylation is 2. The summed E-state index contributed by atoms with van der Waals surface area (Å²) in [5.41, 5.74) is 0.335. The first-order valence-corrected chi connectivity index (χ1v) is 11.3. The lowest BCUT2D eigenvalue weighted by Gasteiger charge is -2.16. The monoisotopic (exact) mass is 489 g/mol. The Kier molecular flexibility index (Phi) is 7.87. The van der Waals surface area contributed by atoms with Crippen molar-refractivity contribution in [1.82, 2.24) is 14.5 Å². The van der Waals surface area contributed by atoms with Crippen LogP contribution in [0.3, 0.4) is 0 Å². The van der Waals surface area contributed by atoms with Crippen LogP contribution in [0.1, 0.15) is 38.1 Å². The van der Waals surface area contributed by atoms with Crippen LogP contribution in [-0.2, 0) is 18.0 Å². The first-order chi connectivity index (χ1) is 16.5. The number of aromatic nitrogens is 3. The number of ether oxygens (including phenoxy) is 2. The molecule has 2 aromatic heterocycles. The van der Waals surface area contributed by atoms with Gasteiger partial charge in [0, 0.05) is 37.0 Å². The summed E-state index contributed by atoms with van der Waals surface area (Å²) in [6.45, 7) is 9.96. The van der Waals surface area contributed by atoms with Crippen molar-refractivity contribution in [3.63, 3.8) is 0 Å². The maximum atomic E-state index is 13.8. The van der Waals surface area contributed by atoms with Crippen LogP contribution in [0.15, 0.2) is 58.9 Å². The summed E-state index contributed by atoms with van der Waals surface area (Å²) in [6.07, 6.45) is 2.95. The zero-order chi connectivity index (χ0) is 25.9. The molecule has 0 N–H and O–H groups in total. The normalized spacial score (nSPS) is 18.4. The second kappa shape index (κ2) is 10.5. The highest BCUT2D eigenvalue weighted by atomic mass is 19.4. The first-order valence-electron chi connectivity index (χ1n) is 11.3. The topological polar surface area (TPSA) is 66.2 Å². The average molecular weight is 490 g/mol. The second-order valence-electron chi connectivity index (χ2n) is 8.66. The van der Waals surface area contributed by atoms with Crippen molar-refractivity contribution in [2.45, 2.75) is 39.8 Å². The Hall–Kier alpha value is -3.36. The third kappa shape index (κ3) is 6.21. The molecule has 9 heteroatoms. The number of nitrogens with zero attached hydrogens (tertiary/aromatic N) is 3. The summed E-state index contributed by atoms with van der Waals surface area (Å²) in [7, 11) is 2.88. The van der Waals surface area contributed by atoms with E-state index < -0.39 is 17.3 Å². The van der Waals surface area contributed by atoms with E-state index in [0.29, 0.717) is 5.82 Å². The SMILES string of the molecule is C=C(CC)C(=CC=C(C)OC)C1CC1COc1nc(C)ncc1-c1cc(=O)n(C)cc1C(F)(F)F. The zero-order valence-corrected chi connectivity index (χ0v) is 20.6. The van der Waals surface area contributed by atoms with Crippen LogP contribution < -0.4 is 10.3 Å². The molecule has 0 saturated heterocycles. The molecule has 0 aromatic carbocycles. The van der Waals surface area contributed by atoms with E-state index >= 15 is 0 Å². The highest BCUT2D eigenvalue weighted by Gasteiger charge is 2.41. The quantitative estimate of drug-likeness (QED) is 0.338. The van der Waals surface area contributed by atoms with Crippen molar-refractivity contribution in [3.05, 3.63) is 75.8 Å². The van der Waals surface area contributed by atoms with Crippen LogP contribution in [-0.4, -0.2) is 28.3 Å². The minimum absolute atomic E-state index is 0.0249. The predicted molar refractivity (Wildman–Crippen MR) is 128 cm³/mol. The fourth-order valence-electron chi connectivity index (χ4n) is 3.80. The van der Waals surface area contributed by atoms with E-state index in [4.69, 9.17) is 9.47 Å². The Morgan fingerprint density at radius 1 is 1.31 bits per heavy atom. The fourth-order valence-corrected chi connectivity index (χ4v) is 3.80. The minimum Gasteiger partial charge on any atom is -0.501 e. The Morgan fingerprint density at radius 3 is 2.66 bits per heavy atom. The molecule has 1 saturated carbocycles. The molecule has 0 aliphatic heterocycles. The molecule has 2 atom stereocenters. The van der Waals surface area contributed by atoms with Crippen molar-refractivity contribution >= 4 is 0 Å². The second-order valence-corrected chi connectivity index (χ2v) is 8.66.